The van der Waals surface area contributed by atoms with E-state index in [0.717, 1.165) is 24.0 Å². The van der Waals surface area contributed by atoms with Crippen LogP contribution in [0.3, 0.4) is 0 Å². The van der Waals surface area contributed by atoms with Crippen molar-refractivity contribution in [2.75, 3.05) is 13.1 Å². The molecular formula is C26H28N8O3. The normalized spacial score (nSPS) is 16.4. The van der Waals surface area contributed by atoms with Crippen molar-refractivity contribution < 1.29 is 14.0 Å². The van der Waals surface area contributed by atoms with Gasteiger partial charge in [0.1, 0.15) is 6.26 Å². The molecule has 0 saturated carbocycles. The number of guanidine groups is 1. The summed E-state index contributed by atoms with van der Waals surface area (Å²) in [6.07, 6.45) is 4.59. The SMILES string of the molecule is Cc1ccc(C(=O)NC2CCCN(C(N)=NC(=Nc3ccc(-c4ncco4)cc3)C(=N)C(N)=O)C2)cc1. The van der Waals surface area contributed by atoms with Crippen LogP contribution in [0.25, 0.3) is 11.5 Å². The Morgan fingerprint density at radius 2 is 1.86 bits per heavy atom. The Labute approximate surface area is 213 Å². The first-order valence-electron chi connectivity index (χ1n) is 11.7. The highest BCUT2D eigenvalue weighted by Crippen LogP contribution is 2.21. The molecule has 1 aliphatic rings. The Morgan fingerprint density at radius 3 is 2.51 bits per heavy atom. The molecule has 1 fully saturated rings. The fourth-order valence-electron chi connectivity index (χ4n) is 3.87. The lowest BCUT2D eigenvalue weighted by Gasteiger charge is -2.33. The van der Waals surface area contributed by atoms with Gasteiger partial charge in [0.2, 0.25) is 5.89 Å². The number of nitrogens with two attached hydrogens (primary N) is 2. The highest BCUT2D eigenvalue weighted by atomic mass is 16.3. The van der Waals surface area contributed by atoms with Crippen LogP contribution < -0.4 is 16.8 Å². The van der Waals surface area contributed by atoms with Crippen LogP contribution in [-0.2, 0) is 4.79 Å². The molecule has 1 unspecified atom stereocenters. The van der Waals surface area contributed by atoms with Gasteiger partial charge in [-0.25, -0.2) is 9.98 Å². The van der Waals surface area contributed by atoms with Gasteiger partial charge in [0.05, 0.1) is 11.9 Å². The zero-order valence-electron chi connectivity index (χ0n) is 20.3. The minimum atomic E-state index is -0.978. The second-order valence-electron chi connectivity index (χ2n) is 8.65. The van der Waals surface area contributed by atoms with E-state index >= 15 is 0 Å². The molecular weight excluding hydrogens is 472 g/mol. The molecule has 1 aliphatic heterocycles. The second-order valence-corrected chi connectivity index (χ2v) is 8.65. The number of amides is 2. The van der Waals surface area contributed by atoms with E-state index in [1.165, 1.54) is 6.26 Å². The molecule has 1 aromatic heterocycles. The summed E-state index contributed by atoms with van der Waals surface area (Å²) in [7, 11) is 0. The van der Waals surface area contributed by atoms with Crippen LogP contribution >= 0.6 is 0 Å². The molecule has 0 radical (unpaired) electrons. The quantitative estimate of drug-likeness (QED) is 0.298. The molecule has 11 heteroatoms. The van der Waals surface area contributed by atoms with Crippen molar-refractivity contribution in [2.45, 2.75) is 25.8 Å². The summed E-state index contributed by atoms with van der Waals surface area (Å²) >= 11 is 0. The molecule has 1 saturated heterocycles. The summed E-state index contributed by atoms with van der Waals surface area (Å²) in [6, 6.07) is 14.1. The Morgan fingerprint density at radius 1 is 1.14 bits per heavy atom. The molecule has 37 heavy (non-hydrogen) atoms. The summed E-state index contributed by atoms with van der Waals surface area (Å²) in [5, 5.41) is 11.1. The lowest BCUT2D eigenvalue weighted by Crippen LogP contribution is -2.52. The first-order chi connectivity index (χ1) is 17.8. The molecule has 11 nitrogen and oxygen atoms in total. The van der Waals surface area contributed by atoms with E-state index in [0.29, 0.717) is 30.2 Å². The molecule has 190 valence electrons. The molecule has 2 heterocycles. The van der Waals surface area contributed by atoms with Crippen LogP contribution in [0, 0.1) is 12.3 Å². The number of rotatable bonds is 6. The maximum Gasteiger partial charge on any atom is 0.270 e. The second kappa shape index (κ2) is 11.3. The van der Waals surface area contributed by atoms with Gasteiger partial charge in [-0.1, -0.05) is 17.7 Å². The van der Waals surface area contributed by atoms with E-state index in [1.807, 2.05) is 19.1 Å². The lowest BCUT2D eigenvalue weighted by atomic mass is 10.0. The van der Waals surface area contributed by atoms with Crippen molar-refractivity contribution in [3.63, 3.8) is 0 Å². The first-order valence-corrected chi connectivity index (χ1v) is 11.7. The average Bonchev–Trinajstić information content (AvgIpc) is 3.44. The Hall–Kier alpha value is -4.80. The van der Waals surface area contributed by atoms with Gasteiger partial charge in [0.15, 0.2) is 17.5 Å². The van der Waals surface area contributed by atoms with Gasteiger partial charge >= 0.3 is 0 Å². The standard InChI is InChI=1S/C26H28N8O3/c1-16-4-6-17(7-5-16)24(36)32-20-3-2-13-34(15-20)26(29)33-23(21(27)22(28)35)31-19-10-8-18(9-11-19)25-30-12-14-37-25/h4-12,14,20,27H,2-3,13,15H2,1H3,(H2,28,35)(H,32,36)(H2,29,31,33). The third kappa shape index (κ3) is 6.45. The number of hydrogen-bond acceptors (Lipinski definition) is 6. The maximum atomic E-state index is 12.6. The number of likely N-dealkylation sites (tertiary alicyclic amines) is 1. The fraction of sp³-hybridized carbons (Fsp3) is 0.231. The van der Waals surface area contributed by atoms with Gasteiger partial charge in [0.25, 0.3) is 11.8 Å². The predicted molar refractivity (Wildman–Crippen MR) is 141 cm³/mol. The van der Waals surface area contributed by atoms with Crippen molar-refractivity contribution in [1.29, 1.82) is 5.41 Å². The number of amidine groups is 1. The van der Waals surface area contributed by atoms with Gasteiger partial charge in [-0.3, -0.25) is 15.0 Å². The highest BCUT2D eigenvalue weighted by molar-refractivity contribution is 6.66. The number of piperidine rings is 1. The molecule has 2 aromatic carbocycles. The molecule has 2 amide bonds. The maximum absolute atomic E-state index is 12.6. The number of oxazole rings is 1. The summed E-state index contributed by atoms with van der Waals surface area (Å²) in [5.41, 5.74) is 13.9. The van der Waals surface area contributed by atoms with Crippen LogP contribution in [0.15, 0.2) is 75.4 Å². The van der Waals surface area contributed by atoms with Crippen LogP contribution in [0.2, 0.25) is 0 Å². The van der Waals surface area contributed by atoms with Gasteiger partial charge < -0.3 is 26.1 Å². The van der Waals surface area contributed by atoms with E-state index in [-0.39, 0.29) is 23.7 Å². The molecule has 3 aromatic rings. The number of aromatic nitrogens is 1. The number of benzene rings is 2. The molecule has 6 N–H and O–H groups in total. The number of aliphatic imine (C=N–C) groups is 2. The monoisotopic (exact) mass is 500 g/mol. The number of primary amides is 1. The van der Waals surface area contributed by atoms with E-state index in [2.05, 4.69) is 20.3 Å². The molecule has 4 rings (SSSR count). The average molecular weight is 501 g/mol. The highest BCUT2D eigenvalue weighted by Gasteiger charge is 2.24. The number of hydrogen-bond donors (Lipinski definition) is 4. The summed E-state index contributed by atoms with van der Waals surface area (Å²) in [6.45, 7) is 3.00. The van der Waals surface area contributed by atoms with E-state index in [1.54, 1.807) is 47.5 Å². The smallest absolute Gasteiger partial charge is 0.270 e. The fourth-order valence-corrected chi connectivity index (χ4v) is 3.87. The summed E-state index contributed by atoms with van der Waals surface area (Å²) in [5.74, 6) is -0.811. The molecule has 0 bridgehead atoms. The third-order valence-electron chi connectivity index (χ3n) is 5.87. The van der Waals surface area contributed by atoms with Crippen molar-refractivity contribution in [3.05, 3.63) is 72.1 Å². The Bertz CT molecular complexity index is 1330. The van der Waals surface area contributed by atoms with E-state index in [4.69, 9.17) is 21.3 Å². The van der Waals surface area contributed by atoms with Crippen LogP contribution in [0.1, 0.15) is 28.8 Å². The topological polar surface area (TPSA) is 176 Å². The van der Waals surface area contributed by atoms with Crippen molar-refractivity contribution in [1.82, 2.24) is 15.2 Å². The van der Waals surface area contributed by atoms with Crippen LogP contribution in [-0.4, -0.2) is 58.3 Å². The summed E-state index contributed by atoms with van der Waals surface area (Å²) < 4.78 is 5.28. The van der Waals surface area contributed by atoms with Crippen molar-refractivity contribution in [2.24, 2.45) is 21.5 Å². The number of nitrogens with one attached hydrogen (secondary N) is 2. The zero-order valence-corrected chi connectivity index (χ0v) is 20.3. The first kappa shape index (κ1) is 25.3. The number of nitrogens with zero attached hydrogens (tertiary/aromatic N) is 4. The molecule has 0 aliphatic carbocycles. The predicted octanol–water partition coefficient (Wildman–Crippen LogP) is 2.39. The molecule has 0 spiro atoms. The number of carbonyl (C=O) groups excluding carboxylic acids is 2. The van der Waals surface area contributed by atoms with Gasteiger partial charge in [-0.15, -0.1) is 0 Å². The number of aryl methyl sites for hydroxylation is 1. The minimum absolute atomic E-state index is 0.0791. The Kier molecular flexibility index (Phi) is 7.72. The largest absolute Gasteiger partial charge is 0.445 e. The summed E-state index contributed by atoms with van der Waals surface area (Å²) in [4.78, 5) is 38.9. The van der Waals surface area contributed by atoms with Gasteiger partial charge in [-0.2, -0.15) is 4.99 Å². The minimum Gasteiger partial charge on any atom is -0.445 e. The lowest BCUT2D eigenvalue weighted by molar-refractivity contribution is -0.111. The Balaban J connectivity index is 1.49. The third-order valence-corrected chi connectivity index (χ3v) is 5.87. The van der Waals surface area contributed by atoms with Gasteiger partial charge in [-0.05, 0) is 56.2 Å². The van der Waals surface area contributed by atoms with Crippen molar-refractivity contribution in [3.8, 4) is 11.5 Å². The zero-order chi connectivity index (χ0) is 26.4. The van der Waals surface area contributed by atoms with Gasteiger partial charge in [0, 0.05) is 30.3 Å². The van der Waals surface area contributed by atoms with E-state index < -0.39 is 11.6 Å². The van der Waals surface area contributed by atoms with Crippen LogP contribution in [0.4, 0.5) is 5.69 Å². The van der Waals surface area contributed by atoms with Crippen molar-refractivity contribution >= 4 is 35.0 Å². The molecule has 1 atom stereocenters. The van der Waals surface area contributed by atoms with E-state index in [9.17, 15) is 9.59 Å². The van der Waals surface area contributed by atoms with Crippen LogP contribution in [0.5, 0.6) is 0 Å². The number of carbonyl (C=O) groups is 2.